The van der Waals surface area contributed by atoms with Crippen LogP contribution in [0.2, 0.25) is 0 Å². The second-order valence-corrected chi connectivity index (χ2v) is 11.5. The molecule has 0 saturated carbocycles. The topological polar surface area (TPSA) is 121 Å². The van der Waals surface area contributed by atoms with E-state index in [1.165, 1.54) is 48.8 Å². The first-order valence-corrected chi connectivity index (χ1v) is 13.6. The van der Waals surface area contributed by atoms with Crippen molar-refractivity contribution in [3.8, 4) is 0 Å². The van der Waals surface area contributed by atoms with Gasteiger partial charge in [-0.1, -0.05) is 48.5 Å². The molecule has 9 nitrogen and oxygen atoms in total. The Balaban J connectivity index is 1.70. The molecule has 6 rings (SSSR count). The predicted octanol–water partition coefficient (Wildman–Crippen LogP) is 3.37. The molecular weight excluding hydrogens is 500 g/mol. The lowest BCUT2D eigenvalue weighted by Crippen LogP contribution is -2.33. The lowest BCUT2D eigenvalue weighted by Gasteiger charge is -2.09. The molecule has 0 aliphatic carbocycles. The van der Waals surface area contributed by atoms with Crippen LogP contribution in [0.15, 0.2) is 112 Å². The zero-order valence-corrected chi connectivity index (χ0v) is 20.0. The quantitative estimate of drug-likeness (QED) is 0.352. The highest BCUT2D eigenvalue weighted by Crippen LogP contribution is 2.28. The lowest BCUT2D eigenvalue weighted by molar-refractivity contribution is 0.583. The molecule has 0 saturated heterocycles. The molecule has 3 aromatic carbocycles. The Morgan fingerprint density at radius 2 is 0.944 bits per heavy atom. The smallest absolute Gasteiger partial charge is 0.255 e. The number of pyridine rings is 2. The van der Waals surface area contributed by atoms with Gasteiger partial charge >= 0.3 is 5.69 Å². The van der Waals surface area contributed by atoms with E-state index in [4.69, 9.17) is 0 Å². The Bertz CT molecular complexity index is 1950. The maximum absolute atomic E-state index is 13.9. The van der Waals surface area contributed by atoms with Gasteiger partial charge in [0.25, 0.3) is 20.0 Å². The summed E-state index contributed by atoms with van der Waals surface area (Å²) in [5.41, 5.74) is -1.05. The van der Waals surface area contributed by atoms with E-state index < -0.39 is 25.7 Å². The monoisotopic (exact) mass is 516 g/mol. The van der Waals surface area contributed by atoms with Crippen molar-refractivity contribution in [2.45, 2.75) is 9.79 Å². The van der Waals surface area contributed by atoms with Crippen molar-refractivity contribution in [2.24, 2.45) is 0 Å². The van der Waals surface area contributed by atoms with Crippen LogP contribution in [0.3, 0.4) is 0 Å². The Hall–Kier alpha value is -4.35. The van der Waals surface area contributed by atoms with Crippen LogP contribution in [-0.4, -0.2) is 34.7 Å². The molecule has 0 spiro atoms. The van der Waals surface area contributed by atoms with Crippen molar-refractivity contribution >= 4 is 52.9 Å². The maximum Gasteiger partial charge on any atom is 0.357 e. The van der Waals surface area contributed by atoms with Crippen LogP contribution in [-0.2, 0) is 20.0 Å². The third-order valence-corrected chi connectivity index (χ3v) is 9.33. The summed E-state index contributed by atoms with van der Waals surface area (Å²) >= 11 is 0. The fourth-order valence-electron chi connectivity index (χ4n) is 4.33. The maximum atomic E-state index is 13.9. The normalized spacial score (nSPS) is 12.4. The van der Waals surface area contributed by atoms with Gasteiger partial charge in [0.15, 0.2) is 0 Å². The van der Waals surface area contributed by atoms with Gasteiger partial charge in [0.1, 0.15) is 9.79 Å². The van der Waals surface area contributed by atoms with Gasteiger partial charge in [-0.2, -0.15) is 7.94 Å². The highest BCUT2D eigenvalue weighted by Gasteiger charge is 2.32. The fraction of sp³-hybridized carbons (Fsp3) is 0. The molecule has 0 bridgehead atoms. The second kappa shape index (κ2) is 7.83. The summed E-state index contributed by atoms with van der Waals surface area (Å²) < 4.78 is 56.5. The third kappa shape index (κ3) is 3.10. The Morgan fingerprint density at radius 3 is 1.39 bits per heavy atom. The van der Waals surface area contributed by atoms with Gasteiger partial charge in [0.05, 0.1) is 22.1 Å². The Morgan fingerprint density at radius 1 is 0.528 bits per heavy atom. The largest absolute Gasteiger partial charge is 0.357 e. The molecule has 0 aliphatic rings. The number of imidazole rings is 1. The van der Waals surface area contributed by atoms with Crippen LogP contribution in [0.25, 0.3) is 32.8 Å². The van der Waals surface area contributed by atoms with Gasteiger partial charge in [0.2, 0.25) is 0 Å². The molecule has 0 aliphatic heterocycles. The number of benzene rings is 3. The van der Waals surface area contributed by atoms with Crippen LogP contribution >= 0.6 is 0 Å². The van der Waals surface area contributed by atoms with Gasteiger partial charge < -0.3 is 0 Å². The number of rotatable bonds is 4. The molecule has 36 heavy (non-hydrogen) atoms. The third-order valence-electron chi connectivity index (χ3n) is 5.89. The summed E-state index contributed by atoms with van der Waals surface area (Å²) in [6.45, 7) is 0. The first-order valence-electron chi connectivity index (χ1n) is 10.7. The molecule has 3 aromatic heterocycles. The Kier molecular flexibility index (Phi) is 4.82. The van der Waals surface area contributed by atoms with Gasteiger partial charge in [0, 0.05) is 23.2 Å². The standard InChI is InChI=1S/C25H16N4O5S2/c30-25-28(35(31,32)21-13-3-7-17-9-5-15-26-23(17)21)19-11-1-2-12-20(19)29(25)36(33,34)22-14-4-8-18-10-6-16-27-24(18)22/h1-16H. The summed E-state index contributed by atoms with van der Waals surface area (Å²) in [6, 6.07) is 21.7. The predicted molar refractivity (Wildman–Crippen MR) is 135 cm³/mol. The number of aromatic nitrogens is 4. The Labute approximate surface area is 205 Å². The molecule has 0 atom stereocenters. The molecule has 0 amide bonds. The highest BCUT2D eigenvalue weighted by molar-refractivity contribution is 7.91. The number of hydrogen-bond donors (Lipinski definition) is 0. The lowest BCUT2D eigenvalue weighted by atomic mass is 10.2. The van der Waals surface area contributed by atoms with Crippen LogP contribution < -0.4 is 5.69 Å². The summed E-state index contributed by atoms with van der Waals surface area (Å²) in [4.78, 5) is 21.7. The minimum atomic E-state index is -4.55. The fourth-order valence-corrected chi connectivity index (χ4v) is 7.50. The highest BCUT2D eigenvalue weighted by atomic mass is 32.2. The molecule has 11 heteroatoms. The first kappa shape index (κ1) is 22.1. The van der Waals surface area contributed by atoms with E-state index in [2.05, 4.69) is 9.97 Å². The SMILES string of the molecule is O=c1n(S(=O)(=O)c2cccc3cccnc23)c2ccccc2n1S(=O)(=O)c1cccc2cccnc12. The number of hydrogen-bond acceptors (Lipinski definition) is 7. The molecule has 178 valence electrons. The van der Waals surface area contributed by atoms with Gasteiger partial charge in [-0.25, -0.2) is 21.6 Å². The average molecular weight is 517 g/mol. The van der Waals surface area contributed by atoms with E-state index >= 15 is 0 Å². The van der Waals surface area contributed by atoms with Crippen LogP contribution in [0.4, 0.5) is 0 Å². The summed E-state index contributed by atoms with van der Waals surface area (Å²) in [5.74, 6) is 0. The van der Waals surface area contributed by atoms with Crippen LogP contribution in [0, 0.1) is 0 Å². The second-order valence-electron chi connectivity index (χ2n) is 7.97. The van der Waals surface area contributed by atoms with Crippen LogP contribution in [0.1, 0.15) is 0 Å². The molecule has 0 fully saturated rings. The zero-order valence-electron chi connectivity index (χ0n) is 18.4. The minimum absolute atomic E-state index is 0.0767. The van der Waals surface area contributed by atoms with E-state index in [-0.39, 0.29) is 31.9 Å². The van der Waals surface area contributed by atoms with E-state index in [1.807, 2.05) is 0 Å². The van der Waals surface area contributed by atoms with Crippen molar-refractivity contribution in [1.29, 1.82) is 0 Å². The average Bonchev–Trinajstić information content (AvgIpc) is 3.21. The van der Waals surface area contributed by atoms with Crippen molar-refractivity contribution in [1.82, 2.24) is 17.9 Å². The molecule has 0 unspecified atom stereocenters. The van der Waals surface area contributed by atoms with Crippen LogP contribution in [0.5, 0.6) is 0 Å². The van der Waals surface area contributed by atoms with Crippen molar-refractivity contribution < 1.29 is 16.8 Å². The van der Waals surface area contributed by atoms with Gasteiger partial charge in [-0.05, 0) is 36.4 Å². The number of fused-ring (bicyclic) bond motifs is 3. The van der Waals surface area contributed by atoms with Gasteiger partial charge in [-0.3, -0.25) is 9.97 Å². The summed E-state index contributed by atoms with van der Waals surface area (Å²) in [6.07, 6.45) is 2.90. The van der Waals surface area contributed by atoms with E-state index in [0.29, 0.717) is 18.7 Å². The van der Waals surface area contributed by atoms with Gasteiger partial charge in [-0.15, -0.1) is 0 Å². The summed E-state index contributed by atoms with van der Waals surface area (Å²) in [5, 5.41) is 1.12. The molecule has 0 radical (unpaired) electrons. The van der Waals surface area contributed by atoms with Crippen molar-refractivity contribution in [3.05, 3.63) is 108 Å². The van der Waals surface area contributed by atoms with E-state index in [9.17, 15) is 21.6 Å². The summed E-state index contributed by atoms with van der Waals surface area (Å²) in [7, 11) is -9.09. The van der Waals surface area contributed by atoms with Crippen molar-refractivity contribution in [2.75, 3.05) is 0 Å². The van der Waals surface area contributed by atoms with E-state index in [0.717, 1.165) is 0 Å². The molecular formula is C25H16N4O5S2. The zero-order chi connectivity index (χ0) is 25.1. The number of para-hydroxylation sites is 4. The first-order chi connectivity index (χ1) is 17.3. The van der Waals surface area contributed by atoms with Crippen molar-refractivity contribution in [3.63, 3.8) is 0 Å². The molecule has 0 N–H and O–H groups in total. The molecule has 3 heterocycles. The molecule has 6 aromatic rings. The van der Waals surface area contributed by atoms with E-state index in [1.54, 1.807) is 48.5 Å². The minimum Gasteiger partial charge on any atom is -0.255 e. The number of nitrogens with zero attached hydrogens (tertiary/aromatic N) is 4.